The number of rotatable bonds is 5. The van der Waals surface area contributed by atoms with Crippen LogP contribution in [0, 0.1) is 0 Å². The maximum Gasteiger partial charge on any atom is 0.335 e. The van der Waals surface area contributed by atoms with E-state index in [0.29, 0.717) is 18.0 Å². The van der Waals surface area contributed by atoms with Gasteiger partial charge in [-0.1, -0.05) is 6.92 Å². The lowest BCUT2D eigenvalue weighted by atomic mass is 9.89. The van der Waals surface area contributed by atoms with Crippen LogP contribution in [0.5, 0.6) is 0 Å². The predicted octanol–water partition coefficient (Wildman–Crippen LogP) is 1.93. The van der Waals surface area contributed by atoms with Gasteiger partial charge in [0.05, 0.1) is 11.7 Å². The Bertz CT molecular complexity index is 442. The van der Waals surface area contributed by atoms with Crippen LogP contribution in [0.4, 0.5) is 5.82 Å². The minimum atomic E-state index is -0.918. The van der Waals surface area contributed by atoms with Crippen molar-refractivity contribution in [3.05, 3.63) is 23.4 Å². The van der Waals surface area contributed by atoms with Crippen LogP contribution in [0.2, 0.25) is 0 Å². The molecule has 0 spiro atoms. The molecule has 0 unspecified atom stereocenters. The fraction of sp³-hybridized carbons (Fsp3) is 0.538. The molecule has 1 heterocycles. The van der Waals surface area contributed by atoms with Gasteiger partial charge in [-0.25, -0.2) is 9.78 Å². The smallest absolute Gasteiger partial charge is 0.335 e. The number of carbonyl (C=O) groups is 1. The zero-order valence-corrected chi connectivity index (χ0v) is 10.6. The van der Waals surface area contributed by atoms with Gasteiger partial charge >= 0.3 is 5.97 Å². The second-order valence-electron chi connectivity index (χ2n) is 4.56. The van der Waals surface area contributed by atoms with E-state index in [2.05, 4.69) is 10.3 Å². The Morgan fingerprint density at radius 2 is 2.28 bits per heavy atom. The lowest BCUT2D eigenvalue weighted by Crippen LogP contribution is -2.40. The van der Waals surface area contributed by atoms with E-state index >= 15 is 0 Å². The van der Waals surface area contributed by atoms with Crippen molar-refractivity contribution in [1.29, 1.82) is 0 Å². The lowest BCUT2D eigenvalue weighted by Gasteiger charge is -2.35. The summed E-state index contributed by atoms with van der Waals surface area (Å²) in [5.74, 6) is -0.273. The van der Waals surface area contributed by atoms with Crippen molar-refractivity contribution in [1.82, 2.24) is 4.98 Å². The van der Waals surface area contributed by atoms with Gasteiger partial charge in [-0.3, -0.25) is 0 Å². The van der Waals surface area contributed by atoms with Crippen LogP contribution >= 0.6 is 0 Å². The minimum Gasteiger partial charge on any atom is -0.478 e. The second-order valence-corrected chi connectivity index (χ2v) is 4.56. The number of anilines is 1. The summed E-state index contributed by atoms with van der Waals surface area (Å²) >= 11 is 0. The number of aryl methyl sites for hydroxylation is 1. The van der Waals surface area contributed by atoms with Gasteiger partial charge in [0, 0.05) is 18.8 Å². The zero-order chi connectivity index (χ0) is 13.1. The van der Waals surface area contributed by atoms with E-state index in [-0.39, 0.29) is 5.56 Å². The quantitative estimate of drug-likeness (QED) is 0.835. The van der Waals surface area contributed by atoms with Gasteiger partial charge in [-0.05, 0) is 31.4 Å². The van der Waals surface area contributed by atoms with E-state index in [1.165, 1.54) is 0 Å². The molecule has 0 aromatic carbocycles. The number of hydrogen-bond donors (Lipinski definition) is 2. The van der Waals surface area contributed by atoms with Crippen molar-refractivity contribution in [2.75, 3.05) is 12.4 Å². The molecule has 1 aliphatic rings. The van der Waals surface area contributed by atoms with Crippen LogP contribution in [0.25, 0.3) is 0 Å². The van der Waals surface area contributed by atoms with Gasteiger partial charge < -0.3 is 15.2 Å². The Morgan fingerprint density at radius 3 is 2.83 bits per heavy atom. The van der Waals surface area contributed by atoms with E-state index in [0.717, 1.165) is 25.0 Å². The van der Waals surface area contributed by atoms with Crippen LogP contribution in [-0.2, 0) is 11.2 Å². The van der Waals surface area contributed by atoms with E-state index in [4.69, 9.17) is 9.84 Å². The number of nitrogens with one attached hydrogen (secondary N) is 1. The number of aromatic nitrogens is 1. The highest BCUT2D eigenvalue weighted by atomic mass is 16.5. The van der Waals surface area contributed by atoms with E-state index in [1.807, 2.05) is 6.92 Å². The normalized spacial score (nSPS) is 22.3. The molecule has 0 saturated heterocycles. The Labute approximate surface area is 106 Å². The molecule has 0 bridgehead atoms. The van der Waals surface area contributed by atoms with E-state index < -0.39 is 5.97 Å². The lowest BCUT2D eigenvalue weighted by molar-refractivity contribution is 0.0327. The number of carboxylic acid groups (broad SMARTS) is 1. The third-order valence-corrected chi connectivity index (χ3v) is 3.27. The monoisotopic (exact) mass is 250 g/mol. The van der Waals surface area contributed by atoms with Gasteiger partial charge in [-0.15, -0.1) is 0 Å². The number of carboxylic acids is 1. The van der Waals surface area contributed by atoms with Crippen LogP contribution in [0.1, 0.15) is 35.8 Å². The number of ether oxygens (including phenoxy) is 1. The number of hydrogen-bond acceptors (Lipinski definition) is 4. The highest BCUT2D eigenvalue weighted by molar-refractivity contribution is 5.88. The number of pyridine rings is 1. The molecule has 1 saturated carbocycles. The second kappa shape index (κ2) is 5.35. The highest BCUT2D eigenvalue weighted by Gasteiger charge is 2.29. The van der Waals surface area contributed by atoms with Crippen molar-refractivity contribution in [3.63, 3.8) is 0 Å². The first-order valence-corrected chi connectivity index (χ1v) is 6.16. The fourth-order valence-corrected chi connectivity index (χ4v) is 2.05. The third-order valence-electron chi connectivity index (χ3n) is 3.27. The van der Waals surface area contributed by atoms with Gasteiger partial charge in [0.1, 0.15) is 5.82 Å². The van der Waals surface area contributed by atoms with Crippen LogP contribution in [0.15, 0.2) is 12.1 Å². The first kappa shape index (κ1) is 12.8. The summed E-state index contributed by atoms with van der Waals surface area (Å²) in [6, 6.07) is 3.53. The number of methoxy groups -OCH3 is 1. The molecule has 0 aliphatic heterocycles. The molecule has 1 aromatic rings. The molecule has 1 aromatic heterocycles. The standard InChI is InChI=1S/C13H18N2O3/c1-3-9-4-8(13(16)17)5-12(14-9)15-10-6-11(7-10)18-2/h4-5,10-11H,3,6-7H2,1-2H3,(H,14,15)(H,16,17). The molecule has 0 radical (unpaired) electrons. The first-order chi connectivity index (χ1) is 8.62. The molecule has 1 fully saturated rings. The van der Waals surface area contributed by atoms with Crippen LogP contribution < -0.4 is 5.32 Å². The summed E-state index contributed by atoms with van der Waals surface area (Å²) in [5, 5.41) is 12.3. The maximum absolute atomic E-state index is 11.0. The van der Waals surface area contributed by atoms with Gasteiger partial charge in [-0.2, -0.15) is 0 Å². The van der Waals surface area contributed by atoms with Crippen molar-refractivity contribution >= 4 is 11.8 Å². The Kier molecular flexibility index (Phi) is 3.81. The first-order valence-electron chi connectivity index (χ1n) is 6.16. The van der Waals surface area contributed by atoms with Crippen molar-refractivity contribution in [2.24, 2.45) is 0 Å². The minimum absolute atomic E-state index is 0.284. The average Bonchev–Trinajstić information content (AvgIpc) is 2.32. The summed E-state index contributed by atoms with van der Waals surface area (Å²) in [7, 11) is 1.71. The Hall–Kier alpha value is -1.62. The van der Waals surface area contributed by atoms with Crippen molar-refractivity contribution in [2.45, 2.75) is 38.3 Å². The molecule has 2 N–H and O–H groups in total. The van der Waals surface area contributed by atoms with E-state index in [9.17, 15) is 4.79 Å². The molecule has 98 valence electrons. The molecule has 0 amide bonds. The molecule has 5 nitrogen and oxygen atoms in total. The maximum atomic E-state index is 11.0. The largest absolute Gasteiger partial charge is 0.478 e. The van der Waals surface area contributed by atoms with E-state index in [1.54, 1.807) is 19.2 Å². The molecule has 0 atom stereocenters. The van der Waals surface area contributed by atoms with Crippen LogP contribution in [-0.4, -0.2) is 35.3 Å². The molecule has 18 heavy (non-hydrogen) atoms. The van der Waals surface area contributed by atoms with Crippen LogP contribution in [0.3, 0.4) is 0 Å². The molecular weight excluding hydrogens is 232 g/mol. The number of aromatic carboxylic acids is 1. The summed E-state index contributed by atoms with van der Waals surface area (Å²) < 4.78 is 5.21. The summed E-state index contributed by atoms with van der Waals surface area (Å²) in [6.45, 7) is 1.96. The SMILES string of the molecule is CCc1cc(C(=O)O)cc(NC2CC(OC)C2)n1. The molecule has 1 aliphatic carbocycles. The predicted molar refractivity (Wildman–Crippen MR) is 68.0 cm³/mol. The molecular formula is C13H18N2O3. The summed E-state index contributed by atoms with van der Waals surface area (Å²) in [4.78, 5) is 15.4. The third kappa shape index (κ3) is 2.79. The van der Waals surface area contributed by atoms with Gasteiger partial charge in [0.2, 0.25) is 0 Å². The Balaban J connectivity index is 2.08. The van der Waals surface area contributed by atoms with Gasteiger partial charge in [0.15, 0.2) is 0 Å². The topological polar surface area (TPSA) is 71.5 Å². The van der Waals surface area contributed by atoms with Crippen molar-refractivity contribution in [3.8, 4) is 0 Å². The highest BCUT2D eigenvalue weighted by Crippen LogP contribution is 2.26. The average molecular weight is 250 g/mol. The summed E-state index contributed by atoms with van der Waals surface area (Å²) in [6.07, 6.45) is 2.92. The molecule has 5 heteroatoms. The van der Waals surface area contributed by atoms with Crippen molar-refractivity contribution < 1.29 is 14.6 Å². The molecule has 2 rings (SSSR count). The fourth-order valence-electron chi connectivity index (χ4n) is 2.05. The van der Waals surface area contributed by atoms with Gasteiger partial charge in [0.25, 0.3) is 0 Å². The Morgan fingerprint density at radius 1 is 1.56 bits per heavy atom. The number of nitrogens with zero attached hydrogens (tertiary/aromatic N) is 1. The summed E-state index contributed by atoms with van der Waals surface area (Å²) in [5.41, 5.74) is 1.08. The zero-order valence-electron chi connectivity index (χ0n) is 10.6.